The highest BCUT2D eigenvalue weighted by molar-refractivity contribution is 7.87. The van der Waals surface area contributed by atoms with Crippen LogP contribution in [0.2, 0.25) is 0 Å². The van der Waals surface area contributed by atoms with E-state index in [1.165, 1.54) is 24.3 Å². The summed E-state index contributed by atoms with van der Waals surface area (Å²) in [5.74, 6) is -2.39. The van der Waals surface area contributed by atoms with Gasteiger partial charge in [0.25, 0.3) is 56.3 Å². The zero-order valence-electron chi connectivity index (χ0n) is 38.6. The molecule has 7 aromatic carbocycles. The first-order valence-corrected chi connectivity index (χ1v) is 29.2. The van der Waals surface area contributed by atoms with Gasteiger partial charge in [0.2, 0.25) is 0 Å². The molecule has 0 heterocycles. The third-order valence-electron chi connectivity index (χ3n) is 9.79. The number of rotatable bonds is 14. The van der Waals surface area contributed by atoms with Crippen LogP contribution in [0.1, 0.15) is 0 Å². The summed E-state index contributed by atoms with van der Waals surface area (Å²) in [6.45, 7) is 0. The maximum atomic E-state index is 13.0. The first-order valence-electron chi connectivity index (χ1n) is 20.0. The third-order valence-corrected chi connectivity index (χ3v) is 14.3. The van der Waals surface area contributed by atoms with E-state index in [2.05, 4.69) is 40.9 Å². The van der Waals surface area contributed by atoms with Gasteiger partial charge in [-0.2, -0.15) is 52.3 Å². The Labute approximate surface area is 453 Å². The van der Waals surface area contributed by atoms with Crippen LogP contribution >= 0.6 is 0 Å². The molecule has 81 heavy (non-hydrogen) atoms. The zero-order valence-corrected chi connectivity index (χ0v) is 44.3. The second-order valence-electron chi connectivity index (χ2n) is 14.9. The number of nitro benzene ring substituents is 1. The molecule has 10 N–H and O–H groups in total. The topological polar surface area (TPSA) is 603 Å². The zero-order chi connectivity index (χ0) is 60.9. The van der Waals surface area contributed by atoms with Gasteiger partial charge in [0, 0.05) is 28.3 Å². The van der Waals surface area contributed by atoms with E-state index in [0.29, 0.717) is 24.3 Å². The molecule has 0 aromatic heterocycles. The number of non-ortho nitro benzene ring substituents is 1. The number of nitro groups is 1. The van der Waals surface area contributed by atoms with E-state index >= 15 is 0 Å². The van der Waals surface area contributed by atoms with E-state index in [-0.39, 0.29) is 11.4 Å². The van der Waals surface area contributed by atoms with Crippen LogP contribution in [-0.4, -0.2) is 110 Å². The number of hydrogen-bond acceptors (Lipinski definition) is 30. The number of nitrogen functional groups attached to an aromatic ring is 1. The number of aromatic hydroxyl groups is 3. The van der Waals surface area contributed by atoms with Crippen molar-refractivity contribution in [3.63, 3.8) is 0 Å². The molecule has 0 amide bonds. The van der Waals surface area contributed by atoms with Crippen LogP contribution in [0, 0.1) is 10.1 Å². The summed E-state index contributed by atoms with van der Waals surface area (Å²) >= 11 is 0. The van der Waals surface area contributed by atoms with Gasteiger partial charge >= 0.3 is 21.2 Å². The third kappa shape index (κ3) is 15.6. The van der Waals surface area contributed by atoms with Crippen molar-refractivity contribution in [3.05, 3.63) is 107 Å². The predicted molar refractivity (Wildman–Crippen MR) is 268 cm³/mol. The lowest BCUT2D eigenvalue weighted by Crippen LogP contribution is -2.03. The van der Waals surface area contributed by atoms with E-state index in [0.717, 1.165) is 48.5 Å². The van der Waals surface area contributed by atoms with Crippen molar-refractivity contribution < 1.29 is 110 Å². The maximum Gasteiger partial charge on any atom is 0.425 e. The van der Waals surface area contributed by atoms with Crippen molar-refractivity contribution in [3.8, 4) is 17.2 Å². The smallest absolute Gasteiger partial charge is 0.425 e. The minimum Gasteiger partial charge on any atom is -0.508 e. The van der Waals surface area contributed by atoms with Crippen LogP contribution in [0.5, 0.6) is 17.2 Å². The second-order valence-corrected chi connectivity index (χ2v) is 22.6. The number of fused-ring (bicyclic) bond motifs is 2. The molecule has 36 nitrogen and oxygen atoms in total. The van der Waals surface area contributed by atoms with Crippen molar-refractivity contribution in [2.45, 2.75) is 24.5 Å². The molecular weight excluding hydrogens is 1240 g/mol. The summed E-state index contributed by atoms with van der Waals surface area (Å²) in [7, 11) is -32.9. The Bertz CT molecular complexity index is 4720. The Morgan fingerprint density at radius 2 is 0.852 bits per heavy atom. The Morgan fingerprint density at radius 3 is 1.38 bits per heavy atom. The molecule has 0 aliphatic heterocycles. The van der Waals surface area contributed by atoms with Crippen LogP contribution < -0.4 is 5.73 Å². The molecule has 43 heteroatoms. The fraction of sp³-hybridized carbons (Fsp3) is 0. The molecule has 426 valence electrons. The average Bonchev–Trinajstić information content (AvgIpc) is 3.53. The molecule has 7 rings (SSSR count). The number of benzene rings is 7. The first-order chi connectivity index (χ1) is 37.3. The SMILES string of the molecule is Nc1c(N=Nc2ccc3c(O)c(N=Nc4ccc(N=Nc5ccc(O)cc5)c(S(=O)(=O)O)c4)c(S(=O)(=O)O)cc3c2S(=O)(=O)O)cc(S(=O)(=O)O)c2ccc(N=Nc3ccc([N+](=O)[O-])cc3S(=O)(=O)O)c(O)c12.O=S(=O)=O.O=S(=O)=O. The van der Waals surface area contributed by atoms with Gasteiger partial charge < -0.3 is 21.1 Å². The molecular formula is C38H26N10O26S7. The molecule has 0 radical (unpaired) electrons. The standard InChI is InChI=1S/C38H26N10O20S5.2O3S/c39-34-28(16-29(69(54,55)56)22-8-11-26(37(51)33(22)34)44-43-25-10-4-19(48(52)53)14-31(25)71(60,61)62)46-45-27-12-7-21-23(38(27)73(66,67)68)15-32(72(63,64)65)35(36(21)50)47-41-18-3-9-24(30(13-18)70(57,58)59)42-40-17-1-5-20(49)6-2-17;2*1-4(2)3/h1-16,49-51H,39H2,(H,54,55,56)(H,57,58,59)(H,60,61,62)(H,63,64,65)(H,66,67,68);;. The van der Waals surface area contributed by atoms with Crippen molar-refractivity contribution in [2.75, 3.05) is 5.73 Å². The fourth-order valence-electron chi connectivity index (χ4n) is 6.58. The molecule has 0 unspecified atom stereocenters. The van der Waals surface area contributed by atoms with E-state index in [1.54, 1.807) is 0 Å². The van der Waals surface area contributed by atoms with Gasteiger partial charge in [-0.05, 0) is 78.9 Å². The summed E-state index contributed by atoms with van der Waals surface area (Å²) in [6.07, 6.45) is 0. The van der Waals surface area contributed by atoms with Gasteiger partial charge in [0.1, 0.15) is 64.4 Å². The lowest BCUT2D eigenvalue weighted by Gasteiger charge is -2.13. The number of azo groups is 4. The van der Waals surface area contributed by atoms with E-state index in [4.69, 9.17) is 31.0 Å². The highest BCUT2D eigenvalue weighted by Gasteiger charge is 2.29. The van der Waals surface area contributed by atoms with E-state index in [9.17, 15) is 90.3 Å². The molecule has 0 aliphatic rings. The van der Waals surface area contributed by atoms with Crippen LogP contribution in [0.3, 0.4) is 0 Å². The molecule has 7 aromatic rings. The van der Waals surface area contributed by atoms with Gasteiger partial charge in [0.05, 0.1) is 27.4 Å². The number of phenolic OH excluding ortho intramolecular Hbond substituents is 3. The fourth-order valence-corrected chi connectivity index (χ4v) is 10.0. The number of nitrogens with two attached hydrogens (primary N) is 1. The number of phenols is 3. The molecule has 0 spiro atoms. The lowest BCUT2D eigenvalue weighted by atomic mass is 10.1. The van der Waals surface area contributed by atoms with E-state index in [1.807, 2.05) is 0 Å². The predicted octanol–water partition coefficient (Wildman–Crippen LogP) is 6.49. The molecule has 0 atom stereocenters. The number of nitrogens with zero attached hydrogens (tertiary/aromatic N) is 9. The summed E-state index contributed by atoms with van der Waals surface area (Å²) in [5, 5.41) is 70.1. The second kappa shape index (κ2) is 24.1. The Hall–Kier alpha value is -9.15. The maximum absolute atomic E-state index is 13.0. The first kappa shape index (κ1) is 62.7. The summed E-state index contributed by atoms with van der Waals surface area (Å²) in [4.78, 5) is 4.50. The van der Waals surface area contributed by atoms with Crippen LogP contribution in [0.25, 0.3) is 21.5 Å². The number of hydrogen-bond donors (Lipinski definition) is 9. The molecule has 0 saturated heterocycles. The highest BCUT2D eigenvalue weighted by Crippen LogP contribution is 2.48. The van der Waals surface area contributed by atoms with Crippen LogP contribution in [0.15, 0.2) is 162 Å². The molecule has 0 saturated carbocycles. The largest absolute Gasteiger partial charge is 0.508 e. The van der Waals surface area contributed by atoms with Gasteiger partial charge in [-0.3, -0.25) is 32.9 Å². The molecule has 0 bridgehead atoms. The van der Waals surface area contributed by atoms with E-state index < -0.39 is 185 Å². The summed E-state index contributed by atoms with van der Waals surface area (Å²) in [5.41, 5.74) is -0.0481. The summed E-state index contributed by atoms with van der Waals surface area (Å²) in [6, 6.07) is 14.3. The quantitative estimate of drug-likeness (QED) is 0.0185. The van der Waals surface area contributed by atoms with Gasteiger partial charge in [-0.25, -0.2) is 0 Å². The van der Waals surface area contributed by atoms with Crippen molar-refractivity contribution in [1.82, 2.24) is 0 Å². The summed E-state index contributed by atoms with van der Waals surface area (Å²) < 4.78 is 226. The molecule has 0 aliphatic carbocycles. The minimum absolute atomic E-state index is 0.113. The van der Waals surface area contributed by atoms with Crippen molar-refractivity contribution >= 4 is 150 Å². The average molecular weight is 1260 g/mol. The van der Waals surface area contributed by atoms with Gasteiger partial charge in [0.15, 0.2) is 11.5 Å². The normalized spacial score (nSPS) is 12.4. The van der Waals surface area contributed by atoms with Crippen LogP contribution in [0.4, 0.5) is 56.9 Å². The van der Waals surface area contributed by atoms with Crippen molar-refractivity contribution in [2.24, 2.45) is 40.9 Å². The van der Waals surface area contributed by atoms with Crippen LogP contribution in [-0.2, 0) is 71.8 Å². The monoisotopic (exact) mass is 1260 g/mol. The Balaban J connectivity index is 0.00000141. The highest BCUT2D eigenvalue weighted by atomic mass is 32.2. The Morgan fingerprint density at radius 1 is 0.420 bits per heavy atom. The lowest BCUT2D eigenvalue weighted by molar-refractivity contribution is -0.385. The minimum atomic E-state index is -5.62. The van der Waals surface area contributed by atoms with Gasteiger partial charge in [-0.15, -0.1) is 55.9 Å². The van der Waals surface area contributed by atoms with Gasteiger partial charge in [-0.1, -0.05) is 6.07 Å². The molecule has 0 fully saturated rings. The van der Waals surface area contributed by atoms with Crippen molar-refractivity contribution in [1.29, 1.82) is 0 Å². The number of anilines is 1. The Kier molecular flexibility index (Phi) is 18.6.